The van der Waals surface area contributed by atoms with Gasteiger partial charge >= 0.3 is 0 Å². The summed E-state index contributed by atoms with van der Waals surface area (Å²) in [5.74, 6) is -0.244. The van der Waals surface area contributed by atoms with Gasteiger partial charge in [-0.05, 0) is 46.6 Å². The molecule has 1 saturated heterocycles. The summed E-state index contributed by atoms with van der Waals surface area (Å²) in [6.45, 7) is 3.74. The van der Waals surface area contributed by atoms with Crippen LogP contribution in [0.25, 0.3) is 6.08 Å². The molecule has 2 aromatic rings. The van der Waals surface area contributed by atoms with Crippen molar-refractivity contribution in [1.82, 2.24) is 14.6 Å². The van der Waals surface area contributed by atoms with Crippen LogP contribution in [0.5, 0.6) is 0 Å². The summed E-state index contributed by atoms with van der Waals surface area (Å²) < 4.78 is 27.7. The molecule has 31 heavy (non-hydrogen) atoms. The van der Waals surface area contributed by atoms with E-state index in [-0.39, 0.29) is 12.5 Å². The number of allylic oxidation sites excluding steroid dienone is 1. The first kappa shape index (κ1) is 23.3. The molecule has 1 fully saturated rings. The molecule has 3 rings (SSSR count). The van der Waals surface area contributed by atoms with Crippen LogP contribution in [-0.2, 0) is 14.8 Å². The van der Waals surface area contributed by atoms with Crippen molar-refractivity contribution in [2.24, 2.45) is 5.10 Å². The molecule has 0 saturated carbocycles. The number of amides is 1. The van der Waals surface area contributed by atoms with Crippen LogP contribution < -0.4 is 5.43 Å². The molecule has 164 valence electrons. The largest absolute Gasteiger partial charge is 0.292 e. The lowest BCUT2D eigenvalue weighted by atomic mass is 10.2. The number of carbonyl (C=O) groups is 1. The highest BCUT2D eigenvalue weighted by molar-refractivity contribution is 9.12. The van der Waals surface area contributed by atoms with E-state index >= 15 is 0 Å². The van der Waals surface area contributed by atoms with Gasteiger partial charge in [-0.15, -0.1) is 0 Å². The van der Waals surface area contributed by atoms with Crippen LogP contribution in [0.15, 0.2) is 69.1 Å². The van der Waals surface area contributed by atoms with Gasteiger partial charge in [-0.2, -0.15) is 9.41 Å². The minimum absolute atomic E-state index is 0.162. The van der Waals surface area contributed by atoms with Gasteiger partial charge in [0.05, 0.1) is 17.7 Å². The Morgan fingerprint density at radius 2 is 1.71 bits per heavy atom. The topological polar surface area (TPSA) is 82.1 Å². The van der Waals surface area contributed by atoms with E-state index in [0.717, 1.165) is 15.6 Å². The molecule has 1 aliphatic rings. The smallest absolute Gasteiger partial charge is 0.254 e. The Balaban J connectivity index is 1.45. The Hall–Kier alpha value is -2.33. The maximum absolute atomic E-state index is 12.8. The van der Waals surface area contributed by atoms with Crippen molar-refractivity contribution in [2.45, 2.75) is 11.8 Å². The third-order valence-electron chi connectivity index (χ3n) is 4.84. The molecule has 9 heteroatoms. The van der Waals surface area contributed by atoms with Crippen LogP contribution in [0.1, 0.15) is 11.1 Å². The number of rotatable bonds is 7. The summed E-state index contributed by atoms with van der Waals surface area (Å²) >= 11 is 3.40. The SMILES string of the molecule is Cc1ccc(S(=O)(=O)N2CCN(CC(=O)NN=CC(Br)=Cc3ccccc3)CC2)cc1. The second-order valence-electron chi connectivity index (χ2n) is 7.23. The van der Waals surface area contributed by atoms with Gasteiger partial charge in [-0.1, -0.05) is 48.0 Å². The third kappa shape index (κ3) is 6.83. The highest BCUT2D eigenvalue weighted by Gasteiger charge is 2.28. The lowest BCUT2D eigenvalue weighted by Gasteiger charge is -2.33. The standard InChI is InChI=1S/C22H25BrN4O3S/c1-18-7-9-21(10-8-18)31(29,30)27-13-11-26(12-14-27)17-22(28)25-24-16-20(23)15-19-5-3-2-4-6-19/h2-10,15-16H,11-14,17H2,1H3,(H,25,28). The number of benzene rings is 2. The van der Waals surface area contributed by atoms with Crippen LogP contribution in [0, 0.1) is 6.92 Å². The minimum atomic E-state index is -3.51. The van der Waals surface area contributed by atoms with E-state index in [1.165, 1.54) is 10.5 Å². The molecule has 0 atom stereocenters. The molecule has 0 spiro atoms. The average molecular weight is 505 g/mol. The fourth-order valence-corrected chi connectivity index (χ4v) is 4.93. The first-order chi connectivity index (χ1) is 14.8. The highest BCUT2D eigenvalue weighted by atomic mass is 79.9. The van der Waals surface area contributed by atoms with E-state index in [2.05, 4.69) is 26.5 Å². The number of sulfonamides is 1. The number of carbonyl (C=O) groups excluding carboxylic acids is 1. The first-order valence-corrected chi connectivity index (χ1v) is 12.1. The van der Waals surface area contributed by atoms with Crippen molar-refractivity contribution in [3.05, 3.63) is 70.2 Å². The van der Waals surface area contributed by atoms with E-state index in [4.69, 9.17) is 0 Å². The molecule has 2 aromatic carbocycles. The summed E-state index contributed by atoms with van der Waals surface area (Å²) in [6.07, 6.45) is 3.42. The number of hydrogen-bond donors (Lipinski definition) is 1. The van der Waals surface area contributed by atoms with Crippen molar-refractivity contribution >= 4 is 44.2 Å². The second-order valence-corrected chi connectivity index (χ2v) is 10.1. The van der Waals surface area contributed by atoms with Crippen molar-refractivity contribution in [3.8, 4) is 0 Å². The molecule has 0 bridgehead atoms. The zero-order chi connectivity index (χ0) is 22.3. The maximum Gasteiger partial charge on any atom is 0.254 e. The maximum atomic E-state index is 12.8. The number of halogens is 1. The van der Waals surface area contributed by atoms with E-state index in [0.29, 0.717) is 31.1 Å². The van der Waals surface area contributed by atoms with Gasteiger partial charge in [0, 0.05) is 30.7 Å². The summed E-state index contributed by atoms with van der Waals surface area (Å²) in [5, 5.41) is 3.96. The molecule has 1 aliphatic heterocycles. The van der Waals surface area contributed by atoms with Crippen LogP contribution in [0.4, 0.5) is 0 Å². The second kappa shape index (κ2) is 10.8. The number of nitrogens with zero attached hydrogens (tertiary/aromatic N) is 3. The van der Waals surface area contributed by atoms with Crippen LogP contribution in [-0.4, -0.2) is 62.5 Å². The van der Waals surface area contributed by atoms with Gasteiger partial charge in [-0.3, -0.25) is 9.69 Å². The molecular weight excluding hydrogens is 480 g/mol. The zero-order valence-electron chi connectivity index (χ0n) is 17.2. The Labute approximate surface area is 191 Å². The van der Waals surface area contributed by atoms with E-state index in [1.54, 1.807) is 24.3 Å². The Morgan fingerprint density at radius 1 is 1.06 bits per heavy atom. The van der Waals surface area contributed by atoms with E-state index in [1.807, 2.05) is 48.2 Å². The molecule has 1 heterocycles. The molecule has 1 amide bonds. The van der Waals surface area contributed by atoms with Gasteiger partial charge in [0.2, 0.25) is 10.0 Å². The van der Waals surface area contributed by atoms with Gasteiger partial charge in [-0.25, -0.2) is 13.8 Å². The summed E-state index contributed by atoms with van der Waals surface area (Å²) in [7, 11) is -3.51. The molecule has 0 unspecified atom stereocenters. The zero-order valence-corrected chi connectivity index (χ0v) is 19.6. The third-order valence-corrected chi connectivity index (χ3v) is 7.19. The molecule has 7 nitrogen and oxygen atoms in total. The molecular formula is C22H25BrN4O3S. The van der Waals surface area contributed by atoms with Crippen molar-refractivity contribution in [2.75, 3.05) is 32.7 Å². The molecule has 1 N–H and O–H groups in total. The number of hydrogen-bond acceptors (Lipinski definition) is 5. The minimum Gasteiger partial charge on any atom is -0.292 e. The predicted octanol–water partition coefficient (Wildman–Crippen LogP) is 2.84. The Bertz CT molecular complexity index is 1050. The van der Waals surface area contributed by atoms with Gasteiger partial charge < -0.3 is 0 Å². The molecule has 0 radical (unpaired) electrons. The lowest BCUT2D eigenvalue weighted by molar-refractivity contribution is -0.122. The fraction of sp³-hybridized carbons (Fsp3) is 0.273. The highest BCUT2D eigenvalue weighted by Crippen LogP contribution is 2.18. The van der Waals surface area contributed by atoms with Crippen molar-refractivity contribution in [3.63, 3.8) is 0 Å². The predicted molar refractivity (Wildman–Crippen MR) is 126 cm³/mol. The van der Waals surface area contributed by atoms with Crippen LogP contribution in [0.3, 0.4) is 0 Å². The molecule has 0 aliphatic carbocycles. The first-order valence-electron chi connectivity index (χ1n) is 9.88. The summed E-state index contributed by atoms with van der Waals surface area (Å²) in [5.41, 5.74) is 4.54. The number of aryl methyl sites for hydroxylation is 1. The summed E-state index contributed by atoms with van der Waals surface area (Å²) in [6, 6.07) is 16.6. The van der Waals surface area contributed by atoms with E-state index < -0.39 is 10.0 Å². The lowest BCUT2D eigenvalue weighted by Crippen LogP contribution is -2.50. The van der Waals surface area contributed by atoms with Gasteiger partial charge in [0.25, 0.3) is 5.91 Å². The number of piperazine rings is 1. The normalized spacial score (nSPS) is 16.5. The van der Waals surface area contributed by atoms with Crippen LogP contribution in [0.2, 0.25) is 0 Å². The quantitative estimate of drug-likeness (QED) is 0.464. The molecule has 0 aromatic heterocycles. The van der Waals surface area contributed by atoms with Crippen molar-refractivity contribution in [1.29, 1.82) is 0 Å². The fourth-order valence-electron chi connectivity index (χ4n) is 3.14. The average Bonchev–Trinajstić information content (AvgIpc) is 2.75. The van der Waals surface area contributed by atoms with Gasteiger partial charge in [0.1, 0.15) is 0 Å². The number of hydrazone groups is 1. The monoisotopic (exact) mass is 504 g/mol. The summed E-state index contributed by atoms with van der Waals surface area (Å²) in [4.78, 5) is 14.4. The number of nitrogens with one attached hydrogen (secondary N) is 1. The Kier molecular flexibility index (Phi) is 8.14. The van der Waals surface area contributed by atoms with Gasteiger partial charge in [0.15, 0.2) is 0 Å². The van der Waals surface area contributed by atoms with E-state index in [9.17, 15) is 13.2 Å². The van der Waals surface area contributed by atoms with Crippen molar-refractivity contribution < 1.29 is 13.2 Å². The van der Waals surface area contributed by atoms with Crippen LogP contribution >= 0.6 is 15.9 Å². The Morgan fingerprint density at radius 3 is 2.35 bits per heavy atom.